The summed E-state index contributed by atoms with van der Waals surface area (Å²) >= 11 is 1.28. The van der Waals surface area contributed by atoms with Crippen molar-refractivity contribution in [2.45, 2.75) is 0 Å². The van der Waals surface area contributed by atoms with Crippen molar-refractivity contribution in [3.8, 4) is 5.75 Å². The topological polar surface area (TPSA) is 78.4 Å². The molecule has 92 valence electrons. The first kappa shape index (κ1) is 12.1. The van der Waals surface area contributed by atoms with Gasteiger partial charge in [-0.05, 0) is 29.6 Å². The fourth-order valence-corrected chi connectivity index (χ4v) is 1.92. The third-order valence-electron chi connectivity index (χ3n) is 2.14. The number of hydrogen-bond donors (Lipinski definition) is 3. The van der Waals surface area contributed by atoms with Crippen molar-refractivity contribution in [3.63, 3.8) is 0 Å². The summed E-state index contributed by atoms with van der Waals surface area (Å²) in [5.74, 6) is -0.874. The highest BCUT2D eigenvalue weighted by atomic mass is 32.1. The Bertz CT molecular complexity index is 566. The van der Waals surface area contributed by atoms with E-state index in [0.29, 0.717) is 4.88 Å². The van der Waals surface area contributed by atoms with Crippen LogP contribution in [0, 0.1) is 0 Å². The van der Waals surface area contributed by atoms with Gasteiger partial charge in [-0.3, -0.25) is 20.4 Å². The summed E-state index contributed by atoms with van der Waals surface area (Å²) in [6.45, 7) is 0. The maximum atomic E-state index is 11.6. The Morgan fingerprint density at radius 3 is 2.50 bits per heavy atom. The van der Waals surface area contributed by atoms with E-state index in [2.05, 4.69) is 10.9 Å². The van der Waals surface area contributed by atoms with Gasteiger partial charge in [-0.1, -0.05) is 12.1 Å². The predicted molar refractivity (Wildman–Crippen MR) is 67.4 cm³/mol. The summed E-state index contributed by atoms with van der Waals surface area (Å²) in [6.07, 6.45) is 0. The number of phenols is 1. The van der Waals surface area contributed by atoms with Gasteiger partial charge < -0.3 is 5.11 Å². The SMILES string of the molecule is O=C(NNC(=O)c1cccs1)c1cccc(O)c1. The minimum Gasteiger partial charge on any atom is -0.508 e. The molecular weight excluding hydrogens is 252 g/mol. The largest absolute Gasteiger partial charge is 0.508 e. The molecule has 18 heavy (non-hydrogen) atoms. The van der Waals surface area contributed by atoms with Crippen molar-refractivity contribution < 1.29 is 14.7 Å². The van der Waals surface area contributed by atoms with Crippen molar-refractivity contribution in [2.75, 3.05) is 0 Å². The lowest BCUT2D eigenvalue weighted by Crippen LogP contribution is -2.41. The Morgan fingerprint density at radius 1 is 1.06 bits per heavy atom. The van der Waals surface area contributed by atoms with E-state index < -0.39 is 5.91 Å². The van der Waals surface area contributed by atoms with Crippen LogP contribution in [0.3, 0.4) is 0 Å². The van der Waals surface area contributed by atoms with Gasteiger partial charge in [0.1, 0.15) is 5.75 Å². The fourth-order valence-electron chi connectivity index (χ4n) is 1.30. The molecule has 5 nitrogen and oxygen atoms in total. The van der Waals surface area contributed by atoms with Crippen molar-refractivity contribution in [2.24, 2.45) is 0 Å². The molecule has 0 saturated heterocycles. The number of hydrazine groups is 1. The monoisotopic (exact) mass is 262 g/mol. The van der Waals surface area contributed by atoms with Crippen LogP contribution < -0.4 is 10.9 Å². The second kappa shape index (κ2) is 5.33. The third-order valence-corrected chi connectivity index (χ3v) is 3.01. The van der Waals surface area contributed by atoms with E-state index in [0.717, 1.165) is 0 Å². The molecule has 0 atom stereocenters. The Balaban J connectivity index is 1.95. The quantitative estimate of drug-likeness (QED) is 0.718. The number of aromatic hydroxyl groups is 1. The molecule has 0 saturated carbocycles. The Labute approximate surface area is 107 Å². The average molecular weight is 262 g/mol. The minimum absolute atomic E-state index is 0.00719. The number of amides is 2. The summed E-state index contributed by atoms with van der Waals surface area (Å²) < 4.78 is 0. The lowest BCUT2D eigenvalue weighted by atomic mass is 10.2. The van der Waals surface area contributed by atoms with Gasteiger partial charge in [0.2, 0.25) is 0 Å². The molecule has 0 radical (unpaired) electrons. The smallest absolute Gasteiger partial charge is 0.279 e. The number of carbonyl (C=O) groups excluding carboxylic acids is 2. The standard InChI is InChI=1S/C12H10N2O3S/c15-9-4-1-3-8(7-9)11(16)13-14-12(17)10-5-2-6-18-10/h1-7,15H,(H,13,16)(H,14,17). The Kier molecular flexibility index (Phi) is 3.59. The van der Waals surface area contributed by atoms with Crippen LogP contribution in [0.15, 0.2) is 41.8 Å². The highest BCUT2D eigenvalue weighted by molar-refractivity contribution is 7.12. The molecule has 0 aliphatic rings. The van der Waals surface area contributed by atoms with Crippen LogP contribution in [0.25, 0.3) is 0 Å². The number of phenolic OH excluding ortho intramolecular Hbond substituents is 1. The maximum Gasteiger partial charge on any atom is 0.279 e. The normalized spacial score (nSPS) is 9.78. The van der Waals surface area contributed by atoms with E-state index in [-0.39, 0.29) is 17.2 Å². The van der Waals surface area contributed by atoms with E-state index in [9.17, 15) is 14.7 Å². The van der Waals surface area contributed by atoms with Crippen LogP contribution in [-0.4, -0.2) is 16.9 Å². The molecule has 6 heteroatoms. The fraction of sp³-hybridized carbons (Fsp3) is 0. The molecule has 0 aliphatic heterocycles. The molecule has 0 spiro atoms. The molecule has 1 heterocycles. The molecule has 2 rings (SSSR count). The Hall–Kier alpha value is -2.34. The van der Waals surface area contributed by atoms with E-state index in [1.165, 1.54) is 29.5 Å². The van der Waals surface area contributed by atoms with Crippen LogP contribution in [0.4, 0.5) is 0 Å². The van der Waals surface area contributed by atoms with Crippen LogP contribution in [0.5, 0.6) is 5.75 Å². The van der Waals surface area contributed by atoms with Crippen molar-refractivity contribution in [1.82, 2.24) is 10.9 Å². The number of nitrogens with one attached hydrogen (secondary N) is 2. The second-order valence-corrected chi connectivity index (χ2v) is 4.38. The van der Waals surface area contributed by atoms with Crippen molar-refractivity contribution in [3.05, 3.63) is 52.2 Å². The van der Waals surface area contributed by atoms with Gasteiger partial charge in [0, 0.05) is 5.56 Å². The summed E-state index contributed by atoms with van der Waals surface area (Å²) in [4.78, 5) is 23.7. The number of rotatable bonds is 2. The summed E-state index contributed by atoms with van der Waals surface area (Å²) in [6, 6.07) is 9.25. The molecule has 1 aromatic heterocycles. The zero-order chi connectivity index (χ0) is 13.0. The molecular formula is C12H10N2O3S. The summed E-state index contributed by atoms with van der Waals surface area (Å²) in [7, 11) is 0. The lowest BCUT2D eigenvalue weighted by molar-refractivity contribution is 0.0849. The van der Waals surface area contributed by atoms with E-state index in [4.69, 9.17) is 0 Å². The number of hydrogen-bond acceptors (Lipinski definition) is 4. The molecule has 0 bridgehead atoms. The molecule has 0 fully saturated rings. The van der Waals surface area contributed by atoms with E-state index in [1.807, 2.05) is 0 Å². The van der Waals surface area contributed by atoms with Crippen LogP contribution in [0.1, 0.15) is 20.0 Å². The maximum absolute atomic E-state index is 11.6. The molecule has 3 N–H and O–H groups in total. The predicted octanol–water partition coefficient (Wildman–Crippen LogP) is 1.53. The van der Waals surface area contributed by atoms with Gasteiger partial charge in [-0.25, -0.2) is 0 Å². The summed E-state index contributed by atoms with van der Waals surface area (Å²) in [5.41, 5.74) is 4.83. The Morgan fingerprint density at radius 2 is 1.83 bits per heavy atom. The molecule has 2 amide bonds. The van der Waals surface area contributed by atoms with E-state index >= 15 is 0 Å². The van der Waals surface area contributed by atoms with Crippen LogP contribution >= 0.6 is 11.3 Å². The van der Waals surface area contributed by atoms with Gasteiger partial charge in [0.05, 0.1) is 4.88 Å². The molecule has 0 unspecified atom stereocenters. The van der Waals surface area contributed by atoms with Gasteiger partial charge >= 0.3 is 0 Å². The lowest BCUT2D eigenvalue weighted by Gasteiger charge is -2.06. The molecule has 2 aromatic rings. The average Bonchev–Trinajstić information content (AvgIpc) is 2.89. The third kappa shape index (κ3) is 2.86. The zero-order valence-electron chi connectivity index (χ0n) is 9.21. The first-order valence-electron chi connectivity index (χ1n) is 5.10. The number of benzene rings is 1. The van der Waals surface area contributed by atoms with Gasteiger partial charge in [0.25, 0.3) is 11.8 Å². The first-order valence-corrected chi connectivity index (χ1v) is 5.98. The highest BCUT2D eigenvalue weighted by Crippen LogP contribution is 2.10. The molecule has 1 aromatic carbocycles. The first-order chi connectivity index (χ1) is 8.66. The number of thiophene rings is 1. The minimum atomic E-state index is -0.490. The van der Waals surface area contributed by atoms with Crippen LogP contribution in [-0.2, 0) is 0 Å². The van der Waals surface area contributed by atoms with E-state index in [1.54, 1.807) is 23.6 Å². The molecule has 0 aliphatic carbocycles. The second-order valence-electron chi connectivity index (χ2n) is 3.44. The van der Waals surface area contributed by atoms with Crippen molar-refractivity contribution >= 4 is 23.2 Å². The van der Waals surface area contributed by atoms with Gasteiger partial charge in [-0.2, -0.15) is 0 Å². The van der Waals surface area contributed by atoms with Crippen LogP contribution in [0.2, 0.25) is 0 Å². The van der Waals surface area contributed by atoms with Gasteiger partial charge in [-0.15, -0.1) is 11.3 Å². The zero-order valence-corrected chi connectivity index (χ0v) is 10.0. The van der Waals surface area contributed by atoms with Gasteiger partial charge in [0.15, 0.2) is 0 Å². The highest BCUT2D eigenvalue weighted by Gasteiger charge is 2.09. The summed E-state index contributed by atoms with van der Waals surface area (Å²) in [5, 5.41) is 11.0. The number of carbonyl (C=O) groups is 2. The van der Waals surface area contributed by atoms with Crippen molar-refractivity contribution in [1.29, 1.82) is 0 Å².